The average Bonchev–Trinajstić information content (AvgIpc) is 3.43. The Morgan fingerprint density at radius 2 is 1.91 bits per heavy atom. The Morgan fingerprint density at radius 1 is 1.26 bits per heavy atom. The number of hydrogen-bond acceptors (Lipinski definition) is 4. The van der Waals surface area contributed by atoms with E-state index in [9.17, 15) is 4.79 Å². The van der Waals surface area contributed by atoms with Gasteiger partial charge in [0.25, 0.3) is 11.6 Å². The Hall–Kier alpha value is -1.91. The van der Waals surface area contributed by atoms with E-state index in [-0.39, 0.29) is 11.8 Å². The lowest BCUT2D eigenvalue weighted by molar-refractivity contribution is 0.0927. The van der Waals surface area contributed by atoms with Crippen molar-refractivity contribution in [1.29, 1.82) is 0 Å². The average molecular weight is 313 g/mol. The van der Waals surface area contributed by atoms with Gasteiger partial charge in [-0.1, -0.05) is 19.0 Å². The highest BCUT2D eigenvalue weighted by Gasteiger charge is 2.42. The first-order valence-electron chi connectivity index (χ1n) is 8.62. The van der Waals surface area contributed by atoms with Gasteiger partial charge in [0.15, 0.2) is 0 Å². The molecule has 0 atom stereocenters. The second-order valence-corrected chi connectivity index (χ2v) is 7.37. The van der Waals surface area contributed by atoms with Gasteiger partial charge in [-0.3, -0.25) is 4.79 Å². The molecule has 0 unspecified atom stereocenters. The summed E-state index contributed by atoms with van der Waals surface area (Å²) < 4.78 is 5.31. The van der Waals surface area contributed by atoms with Gasteiger partial charge in [0.05, 0.1) is 16.6 Å². The van der Waals surface area contributed by atoms with Crippen molar-refractivity contribution < 1.29 is 9.32 Å². The van der Waals surface area contributed by atoms with Crippen LogP contribution < -0.4 is 5.32 Å². The van der Waals surface area contributed by atoms with Crippen molar-refractivity contribution in [3.63, 3.8) is 0 Å². The molecule has 1 N–H and O–H groups in total. The first-order valence-corrected chi connectivity index (χ1v) is 8.62. The van der Waals surface area contributed by atoms with Crippen molar-refractivity contribution in [3.05, 3.63) is 23.0 Å². The zero-order valence-corrected chi connectivity index (χ0v) is 13.9. The molecule has 2 aliphatic rings. The summed E-state index contributed by atoms with van der Waals surface area (Å²) in [5.41, 5.74) is 2.72. The van der Waals surface area contributed by atoms with E-state index in [0.717, 1.165) is 16.8 Å². The van der Waals surface area contributed by atoms with Gasteiger partial charge in [0, 0.05) is 11.7 Å². The quantitative estimate of drug-likeness (QED) is 0.916. The molecule has 23 heavy (non-hydrogen) atoms. The number of rotatable bonds is 5. The summed E-state index contributed by atoms with van der Waals surface area (Å²) in [6, 6.07) is 2.25. The van der Waals surface area contributed by atoms with Crippen molar-refractivity contribution in [2.75, 3.05) is 0 Å². The molecular weight excluding hydrogens is 290 g/mol. The van der Waals surface area contributed by atoms with E-state index in [0.29, 0.717) is 29.2 Å². The van der Waals surface area contributed by atoms with Crippen LogP contribution in [0.5, 0.6) is 0 Å². The van der Waals surface area contributed by atoms with Gasteiger partial charge in [-0.05, 0) is 56.4 Å². The monoisotopic (exact) mass is 313 g/mol. The molecule has 4 rings (SSSR count). The fourth-order valence-electron chi connectivity index (χ4n) is 3.35. The molecule has 122 valence electrons. The number of hydrogen-bond donors (Lipinski definition) is 1. The Kier molecular flexibility index (Phi) is 3.39. The van der Waals surface area contributed by atoms with Crippen LogP contribution in [-0.4, -0.2) is 22.1 Å². The van der Waals surface area contributed by atoms with E-state index in [1.54, 1.807) is 0 Å². The molecule has 2 fully saturated rings. The van der Waals surface area contributed by atoms with E-state index >= 15 is 0 Å². The first kappa shape index (κ1) is 14.7. The van der Waals surface area contributed by atoms with Crippen molar-refractivity contribution >= 4 is 17.0 Å². The van der Waals surface area contributed by atoms with Crippen LogP contribution in [0, 0.1) is 18.8 Å². The summed E-state index contributed by atoms with van der Waals surface area (Å²) in [6.07, 6.45) is 4.99. The summed E-state index contributed by atoms with van der Waals surface area (Å²) in [4.78, 5) is 17.5. The lowest BCUT2D eigenvalue weighted by Gasteiger charge is -2.18. The zero-order chi connectivity index (χ0) is 16.1. The molecule has 2 aliphatic carbocycles. The van der Waals surface area contributed by atoms with Crippen LogP contribution in [-0.2, 0) is 0 Å². The van der Waals surface area contributed by atoms with Crippen molar-refractivity contribution in [3.8, 4) is 0 Å². The number of carbonyl (C=O) groups excluding carboxylic acids is 1. The minimum atomic E-state index is -0.00519. The SMILES string of the molecule is Cc1noc2nc(C(C)C)cc(C(=O)NC(C3CC3)C3CC3)c12. The lowest BCUT2D eigenvalue weighted by Crippen LogP contribution is -2.38. The Balaban J connectivity index is 1.70. The fourth-order valence-corrected chi connectivity index (χ4v) is 3.35. The molecular formula is C18H23N3O2. The lowest BCUT2D eigenvalue weighted by atomic mass is 10.0. The second-order valence-electron chi connectivity index (χ2n) is 7.37. The Morgan fingerprint density at radius 3 is 2.48 bits per heavy atom. The molecule has 1 amide bonds. The van der Waals surface area contributed by atoms with Crippen LogP contribution >= 0.6 is 0 Å². The van der Waals surface area contributed by atoms with Gasteiger partial charge in [0.2, 0.25) is 0 Å². The zero-order valence-electron chi connectivity index (χ0n) is 13.9. The molecule has 0 radical (unpaired) electrons. The number of aryl methyl sites for hydroxylation is 1. The first-order chi connectivity index (χ1) is 11.0. The molecule has 2 saturated carbocycles. The third-order valence-electron chi connectivity index (χ3n) is 5.03. The largest absolute Gasteiger partial charge is 0.349 e. The van der Waals surface area contributed by atoms with Gasteiger partial charge >= 0.3 is 0 Å². The maximum absolute atomic E-state index is 13.0. The van der Waals surface area contributed by atoms with Crippen molar-refractivity contribution in [2.45, 2.75) is 58.4 Å². The summed E-state index contributed by atoms with van der Waals surface area (Å²) in [6.45, 7) is 5.99. The Labute approximate surface area is 135 Å². The third-order valence-corrected chi connectivity index (χ3v) is 5.03. The minimum absolute atomic E-state index is 0.00519. The van der Waals surface area contributed by atoms with E-state index in [2.05, 4.69) is 29.3 Å². The normalized spacial score (nSPS) is 18.1. The number of pyridine rings is 1. The van der Waals surface area contributed by atoms with Gasteiger partial charge in [-0.2, -0.15) is 0 Å². The number of nitrogens with one attached hydrogen (secondary N) is 1. The second kappa shape index (κ2) is 5.32. The summed E-state index contributed by atoms with van der Waals surface area (Å²) in [5.74, 6) is 1.59. The summed E-state index contributed by atoms with van der Waals surface area (Å²) in [7, 11) is 0. The predicted molar refractivity (Wildman–Crippen MR) is 87.3 cm³/mol. The number of carbonyl (C=O) groups is 1. The van der Waals surface area contributed by atoms with Gasteiger partial charge in [-0.25, -0.2) is 4.98 Å². The van der Waals surface area contributed by atoms with E-state index in [1.165, 1.54) is 25.7 Å². The van der Waals surface area contributed by atoms with E-state index < -0.39 is 0 Å². The predicted octanol–water partition coefficient (Wildman–Crippen LogP) is 3.57. The summed E-state index contributed by atoms with van der Waals surface area (Å²) >= 11 is 0. The molecule has 0 bridgehead atoms. The van der Waals surface area contributed by atoms with Crippen LogP contribution in [0.15, 0.2) is 10.6 Å². The number of amides is 1. The minimum Gasteiger partial charge on any atom is -0.349 e. The van der Waals surface area contributed by atoms with Crippen LogP contribution in [0.4, 0.5) is 0 Å². The van der Waals surface area contributed by atoms with Gasteiger partial charge in [-0.15, -0.1) is 0 Å². The standard InChI is InChI=1S/C18H23N3O2/c1-9(2)14-8-13(15-10(3)21-23-18(15)19-14)17(22)20-16(11-4-5-11)12-6-7-12/h8-9,11-12,16H,4-7H2,1-3H3,(H,20,22). The fraction of sp³-hybridized carbons (Fsp3) is 0.611. The molecule has 2 heterocycles. The maximum atomic E-state index is 13.0. The molecule has 0 saturated heterocycles. The highest BCUT2D eigenvalue weighted by atomic mass is 16.5. The van der Waals surface area contributed by atoms with Gasteiger partial charge < -0.3 is 9.84 Å². The smallest absolute Gasteiger partial charge is 0.259 e. The van der Waals surface area contributed by atoms with Crippen molar-refractivity contribution in [1.82, 2.24) is 15.5 Å². The molecule has 5 nitrogen and oxygen atoms in total. The number of fused-ring (bicyclic) bond motifs is 1. The third kappa shape index (κ3) is 2.73. The molecule has 2 aromatic heterocycles. The molecule has 0 aromatic carbocycles. The Bertz CT molecular complexity index is 745. The number of nitrogens with zero attached hydrogens (tertiary/aromatic N) is 2. The molecule has 0 aliphatic heterocycles. The van der Waals surface area contributed by atoms with Crippen molar-refractivity contribution in [2.24, 2.45) is 11.8 Å². The van der Waals surface area contributed by atoms with Crippen LogP contribution in [0.1, 0.15) is 67.2 Å². The highest BCUT2D eigenvalue weighted by molar-refractivity contribution is 6.06. The topological polar surface area (TPSA) is 68.0 Å². The molecule has 5 heteroatoms. The van der Waals surface area contributed by atoms with E-state index in [4.69, 9.17) is 4.52 Å². The molecule has 0 spiro atoms. The summed E-state index contributed by atoms with van der Waals surface area (Å²) in [5, 5.41) is 8.04. The molecule has 2 aromatic rings. The van der Waals surface area contributed by atoms with Crippen LogP contribution in [0.25, 0.3) is 11.1 Å². The van der Waals surface area contributed by atoms with Gasteiger partial charge in [0.1, 0.15) is 0 Å². The van der Waals surface area contributed by atoms with Crippen LogP contribution in [0.3, 0.4) is 0 Å². The maximum Gasteiger partial charge on any atom is 0.259 e. The van der Waals surface area contributed by atoms with E-state index in [1.807, 2.05) is 13.0 Å². The highest BCUT2D eigenvalue weighted by Crippen LogP contribution is 2.44. The number of aromatic nitrogens is 2. The van der Waals surface area contributed by atoms with Crippen LogP contribution in [0.2, 0.25) is 0 Å².